The van der Waals surface area contributed by atoms with Gasteiger partial charge in [-0.05, 0) is 48.9 Å². The van der Waals surface area contributed by atoms with E-state index in [1.807, 2.05) is 49.5 Å². The van der Waals surface area contributed by atoms with Crippen molar-refractivity contribution in [2.45, 2.75) is 6.92 Å². The quantitative estimate of drug-likeness (QED) is 0.468. The number of nitrogens with zero attached hydrogens (tertiary/aromatic N) is 4. The Morgan fingerprint density at radius 3 is 2.83 bits per heavy atom. The zero-order valence-electron chi connectivity index (χ0n) is 15.8. The average molecular weight is 392 g/mol. The van der Waals surface area contributed by atoms with Crippen LogP contribution in [0.15, 0.2) is 48.7 Å². The fraction of sp³-hybridized carbons (Fsp3) is 0.200. The summed E-state index contributed by atoms with van der Waals surface area (Å²) in [6.07, 6.45) is 5.04. The van der Waals surface area contributed by atoms with Crippen molar-refractivity contribution < 1.29 is 14.3 Å². The Bertz CT molecular complexity index is 1030. The third-order valence-electron chi connectivity index (χ3n) is 4.16. The van der Waals surface area contributed by atoms with E-state index in [1.165, 1.54) is 6.08 Å². The molecule has 0 unspecified atom stereocenters. The van der Waals surface area contributed by atoms with Gasteiger partial charge in [0.2, 0.25) is 12.7 Å². The zero-order valence-corrected chi connectivity index (χ0v) is 15.8. The number of carbonyl (C=O) groups excluding carboxylic acids is 1. The third-order valence-corrected chi connectivity index (χ3v) is 4.16. The van der Waals surface area contributed by atoms with E-state index in [1.54, 1.807) is 10.8 Å². The van der Waals surface area contributed by atoms with E-state index < -0.39 is 0 Å². The lowest BCUT2D eigenvalue weighted by Crippen LogP contribution is -2.27. The second-order valence-electron chi connectivity index (χ2n) is 6.34. The minimum absolute atomic E-state index is 0.181. The van der Waals surface area contributed by atoms with Crippen LogP contribution in [0.25, 0.3) is 11.9 Å². The molecule has 4 rings (SSSR count). The van der Waals surface area contributed by atoms with Crippen LogP contribution in [0.2, 0.25) is 0 Å². The van der Waals surface area contributed by atoms with Crippen LogP contribution in [0.5, 0.6) is 11.5 Å². The first-order valence-electron chi connectivity index (χ1n) is 9.13. The van der Waals surface area contributed by atoms with Gasteiger partial charge < -0.3 is 20.1 Å². The van der Waals surface area contributed by atoms with E-state index in [-0.39, 0.29) is 12.7 Å². The Labute approximate surface area is 167 Å². The van der Waals surface area contributed by atoms with Crippen molar-refractivity contribution in [3.05, 3.63) is 59.9 Å². The Morgan fingerprint density at radius 2 is 2.03 bits per heavy atom. The number of rotatable bonds is 7. The summed E-state index contributed by atoms with van der Waals surface area (Å²) in [6.45, 7) is 3.12. The van der Waals surface area contributed by atoms with E-state index >= 15 is 0 Å². The molecule has 1 aliphatic heterocycles. The minimum Gasteiger partial charge on any atom is -0.454 e. The normalized spacial score (nSPS) is 12.3. The number of amides is 1. The zero-order chi connectivity index (χ0) is 20.1. The fourth-order valence-electron chi connectivity index (χ4n) is 2.71. The van der Waals surface area contributed by atoms with Crippen LogP contribution in [-0.4, -0.2) is 45.8 Å². The van der Waals surface area contributed by atoms with E-state index in [9.17, 15) is 4.79 Å². The van der Waals surface area contributed by atoms with E-state index in [2.05, 4.69) is 25.9 Å². The van der Waals surface area contributed by atoms with Crippen LogP contribution in [-0.2, 0) is 4.79 Å². The van der Waals surface area contributed by atoms with Crippen molar-refractivity contribution in [2.24, 2.45) is 0 Å². The van der Waals surface area contributed by atoms with Gasteiger partial charge in [-0.15, -0.1) is 10.2 Å². The van der Waals surface area contributed by atoms with Crippen LogP contribution < -0.4 is 20.1 Å². The molecule has 9 nitrogen and oxygen atoms in total. The third kappa shape index (κ3) is 4.70. The van der Waals surface area contributed by atoms with Crippen molar-refractivity contribution >= 4 is 17.8 Å². The van der Waals surface area contributed by atoms with E-state index in [0.717, 1.165) is 11.3 Å². The molecule has 0 fully saturated rings. The predicted octanol–water partition coefficient (Wildman–Crippen LogP) is 1.94. The molecule has 3 heterocycles. The van der Waals surface area contributed by atoms with Crippen LogP contribution >= 0.6 is 0 Å². The summed E-state index contributed by atoms with van der Waals surface area (Å²) in [7, 11) is 0. The first-order valence-corrected chi connectivity index (χ1v) is 9.13. The van der Waals surface area contributed by atoms with Crippen molar-refractivity contribution in [1.29, 1.82) is 0 Å². The number of hydrogen-bond acceptors (Lipinski definition) is 7. The SMILES string of the molecule is Cc1ccn(-c2ccc(NCCNC(=O)/C=C/c3ccc4c(c3)OCO4)nn2)n1. The lowest BCUT2D eigenvalue weighted by Gasteiger charge is -2.06. The number of aryl methyl sites for hydroxylation is 1. The summed E-state index contributed by atoms with van der Waals surface area (Å²) in [6, 6.07) is 11.1. The predicted molar refractivity (Wildman–Crippen MR) is 107 cm³/mol. The monoisotopic (exact) mass is 392 g/mol. The molecule has 0 aliphatic carbocycles. The van der Waals surface area contributed by atoms with Gasteiger partial charge in [0.1, 0.15) is 5.82 Å². The molecule has 29 heavy (non-hydrogen) atoms. The molecule has 0 atom stereocenters. The van der Waals surface area contributed by atoms with Gasteiger partial charge in [-0.1, -0.05) is 6.07 Å². The highest BCUT2D eigenvalue weighted by Crippen LogP contribution is 2.32. The van der Waals surface area contributed by atoms with Gasteiger partial charge in [0.15, 0.2) is 17.3 Å². The summed E-state index contributed by atoms with van der Waals surface area (Å²) >= 11 is 0. The first kappa shape index (κ1) is 18.5. The van der Waals surface area contributed by atoms with E-state index in [4.69, 9.17) is 9.47 Å². The molecule has 1 amide bonds. The van der Waals surface area contributed by atoms with Gasteiger partial charge in [-0.3, -0.25) is 4.79 Å². The van der Waals surface area contributed by atoms with Gasteiger partial charge >= 0.3 is 0 Å². The summed E-state index contributed by atoms with van der Waals surface area (Å²) in [5, 5.41) is 18.5. The number of benzene rings is 1. The van der Waals surface area contributed by atoms with Gasteiger partial charge in [0.25, 0.3) is 0 Å². The second-order valence-corrected chi connectivity index (χ2v) is 6.34. The molecule has 0 bridgehead atoms. The molecular weight excluding hydrogens is 372 g/mol. The van der Waals surface area contributed by atoms with Crippen molar-refractivity contribution in [2.75, 3.05) is 25.2 Å². The maximum absolute atomic E-state index is 11.9. The Kier molecular flexibility index (Phi) is 5.37. The molecule has 1 aliphatic rings. The highest BCUT2D eigenvalue weighted by Gasteiger charge is 2.12. The maximum Gasteiger partial charge on any atom is 0.244 e. The van der Waals surface area contributed by atoms with Crippen LogP contribution in [0.1, 0.15) is 11.3 Å². The lowest BCUT2D eigenvalue weighted by molar-refractivity contribution is -0.116. The smallest absolute Gasteiger partial charge is 0.244 e. The number of aromatic nitrogens is 4. The largest absolute Gasteiger partial charge is 0.454 e. The number of nitrogens with one attached hydrogen (secondary N) is 2. The topological polar surface area (TPSA) is 103 Å². The highest BCUT2D eigenvalue weighted by molar-refractivity contribution is 5.91. The molecule has 1 aromatic carbocycles. The summed E-state index contributed by atoms with van der Waals surface area (Å²) in [5.74, 6) is 2.49. The average Bonchev–Trinajstić information content (AvgIpc) is 3.38. The van der Waals surface area contributed by atoms with E-state index in [0.29, 0.717) is 36.2 Å². The van der Waals surface area contributed by atoms with Crippen LogP contribution in [0, 0.1) is 6.92 Å². The fourth-order valence-corrected chi connectivity index (χ4v) is 2.71. The molecule has 0 saturated heterocycles. The van der Waals surface area contributed by atoms with Gasteiger partial charge in [0.05, 0.1) is 5.69 Å². The molecule has 2 N–H and O–H groups in total. The number of ether oxygens (including phenoxy) is 2. The number of anilines is 1. The van der Waals surface area contributed by atoms with Gasteiger partial charge in [-0.2, -0.15) is 5.10 Å². The molecule has 0 spiro atoms. The van der Waals surface area contributed by atoms with Gasteiger partial charge in [-0.25, -0.2) is 4.68 Å². The van der Waals surface area contributed by atoms with Crippen LogP contribution in [0.4, 0.5) is 5.82 Å². The Hall–Kier alpha value is -3.88. The highest BCUT2D eigenvalue weighted by atomic mass is 16.7. The van der Waals surface area contributed by atoms with Crippen molar-refractivity contribution in [3.63, 3.8) is 0 Å². The molecule has 0 radical (unpaired) electrons. The van der Waals surface area contributed by atoms with Crippen LogP contribution in [0.3, 0.4) is 0 Å². The summed E-state index contributed by atoms with van der Waals surface area (Å²) in [4.78, 5) is 11.9. The maximum atomic E-state index is 11.9. The number of fused-ring (bicyclic) bond motifs is 1. The molecule has 2 aromatic heterocycles. The van der Waals surface area contributed by atoms with Gasteiger partial charge in [0, 0.05) is 25.4 Å². The minimum atomic E-state index is -0.181. The lowest BCUT2D eigenvalue weighted by atomic mass is 10.2. The molecule has 9 heteroatoms. The molecule has 0 saturated carbocycles. The summed E-state index contributed by atoms with van der Waals surface area (Å²) < 4.78 is 12.3. The second kappa shape index (κ2) is 8.42. The summed E-state index contributed by atoms with van der Waals surface area (Å²) in [5.41, 5.74) is 1.78. The Morgan fingerprint density at radius 1 is 1.14 bits per heavy atom. The van der Waals surface area contributed by atoms with Crippen molar-refractivity contribution in [3.8, 4) is 17.3 Å². The number of carbonyl (C=O) groups is 1. The molecular formula is C20H20N6O3. The number of hydrogen-bond donors (Lipinski definition) is 2. The Balaban J connectivity index is 1.20. The molecule has 148 valence electrons. The standard InChI is InChI=1S/C20H20N6O3/c1-14-8-11-26(25-14)19-6-5-18(23-24-19)21-9-10-22-20(27)7-3-15-2-4-16-17(12-15)29-13-28-16/h2-8,11-12H,9-10,13H2,1H3,(H,21,23)(H,22,27)/b7-3+. The van der Waals surface area contributed by atoms with Crippen molar-refractivity contribution in [1.82, 2.24) is 25.3 Å². The first-order chi connectivity index (χ1) is 14.2. The molecule has 3 aromatic rings.